The van der Waals surface area contributed by atoms with Crippen LogP contribution in [-0.4, -0.2) is 12.1 Å². The first-order valence-electron chi connectivity index (χ1n) is 5.83. The summed E-state index contributed by atoms with van der Waals surface area (Å²) in [7, 11) is 1.58. The summed E-state index contributed by atoms with van der Waals surface area (Å²) in [6.45, 7) is 1.90. The van der Waals surface area contributed by atoms with E-state index in [1.165, 1.54) is 0 Å². The molecule has 0 N–H and O–H groups in total. The maximum absolute atomic E-state index is 8.72. The van der Waals surface area contributed by atoms with Gasteiger partial charge in [-0.05, 0) is 36.8 Å². The van der Waals surface area contributed by atoms with Crippen molar-refractivity contribution in [2.75, 3.05) is 7.11 Å². The van der Waals surface area contributed by atoms with Gasteiger partial charge in [-0.3, -0.25) is 4.98 Å². The summed E-state index contributed by atoms with van der Waals surface area (Å²) in [5.74, 6) is 0.642. The van der Waals surface area contributed by atoms with E-state index in [1.807, 2.05) is 37.3 Å². The molecule has 1 aromatic heterocycles. The number of hydrogen-bond donors (Lipinski definition) is 0. The van der Waals surface area contributed by atoms with Gasteiger partial charge in [0.1, 0.15) is 5.75 Å². The molecule has 2 rings (SSSR count). The van der Waals surface area contributed by atoms with Gasteiger partial charge in [0, 0.05) is 11.3 Å². The maximum atomic E-state index is 8.72. The number of nitrogens with zero attached hydrogens (tertiary/aromatic N) is 2. The third kappa shape index (κ3) is 2.86. The second kappa shape index (κ2) is 5.73. The summed E-state index contributed by atoms with van der Waals surface area (Å²) in [4.78, 5) is 4.51. The normalized spacial score (nSPS) is 10.0. The van der Waals surface area contributed by atoms with E-state index < -0.39 is 0 Å². The number of hydrogen-bond acceptors (Lipinski definition) is 3. The van der Waals surface area contributed by atoms with Crippen molar-refractivity contribution >= 4 is 11.6 Å². The smallest absolute Gasteiger partial charge is 0.137 e. The lowest BCUT2D eigenvalue weighted by Gasteiger charge is -2.08. The quantitative estimate of drug-likeness (QED) is 0.854. The largest absolute Gasteiger partial charge is 0.495 e. The molecule has 1 aromatic carbocycles. The van der Waals surface area contributed by atoms with Crippen molar-refractivity contribution in [2.24, 2.45) is 0 Å². The molecular formula is C15H13ClN2O. The lowest BCUT2D eigenvalue weighted by molar-refractivity contribution is 0.415. The number of rotatable bonds is 3. The minimum absolute atomic E-state index is 0.377. The Kier molecular flexibility index (Phi) is 4.03. The first-order chi connectivity index (χ1) is 9.15. The number of methoxy groups -OCH3 is 1. The number of ether oxygens (including phenoxy) is 1. The Bertz CT molecular complexity index is 647. The average molecular weight is 273 g/mol. The van der Waals surface area contributed by atoms with Gasteiger partial charge in [-0.1, -0.05) is 17.7 Å². The molecule has 1 heterocycles. The Morgan fingerprint density at radius 3 is 2.68 bits per heavy atom. The highest BCUT2D eigenvalue weighted by molar-refractivity contribution is 6.32. The van der Waals surface area contributed by atoms with Gasteiger partial charge in [-0.2, -0.15) is 5.26 Å². The highest BCUT2D eigenvalue weighted by atomic mass is 35.5. The zero-order valence-corrected chi connectivity index (χ0v) is 11.5. The summed E-state index contributed by atoms with van der Waals surface area (Å²) >= 11 is 6.10. The fraction of sp³-hybridized carbons (Fsp3) is 0.200. The van der Waals surface area contributed by atoms with Gasteiger partial charge < -0.3 is 4.74 Å². The molecule has 0 amide bonds. The molecule has 3 nitrogen and oxygen atoms in total. The highest BCUT2D eigenvalue weighted by Crippen LogP contribution is 2.29. The maximum Gasteiger partial charge on any atom is 0.137 e. The number of aromatic nitrogens is 1. The molecule has 0 fully saturated rings. The van der Waals surface area contributed by atoms with Gasteiger partial charge in [0.2, 0.25) is 0 Å². The number of aryl methyl sites for hydroxylation is 1. The topological polar surface area (TPSA) is 45.9 Å². The van der Waals surface area contributed by atoms with Gasteiger partial charge in [-0.25, -0.2) is 0 Å². The van der Waals surface area contributed by atoms with Crippen molar-refractivity contribution in [3.63, 3.8) is 0 Å². The van der Waals surface area contributed by atoms with Crippen LogP contribution in [0.25, 0.3) is 11.3 Å². The number of halogens is 1. The van der Waals surface area contributed by atoms with Crippen LogP contribution in [-0.2, 0) is 6.42 Å². The Hall–Kier alpha value is -2.05. The van der Waals surface area contributed by atoms with Gasteiger partial charge in [0.15, 0.2) is 0 Å². The van der Waals surface area contributed by atoms with E-state index in [0.29, 0.717) is 17.2 Å². The Morgan fingerprint density at radius 1 is 1.32 bits per heavy atom. The molecule has 2 aromatic rings. The van der Waals surface area contributed by atoms with E-state index in [2.05, 4.69) is 11.1 Å². The van der Waals surface area contributed by atoms with E-state index in [-0.39, 0.29) is 0 Å². The molecule has 0 spiro atoms. The molecule has 0 unspecified atom stereocenters. The number of pyridine rings is 1. The standard InChI is InChI=1S/C15H13ClN2O/c1-10-11(7-8-17)3-5-14(18-10)12-4-6-15(19-2)13(16)9-12/h3-6,9H,7H2,1-2H3. The fourth-order valence-corrected chi connectivity index (χ4v) is 2.11. The van der Waals surface area contributed by atoms with Gasteiger partial charge in [0.25, 0.3) is 0 Å². The zero-order valence-electron chi connectivity index (χ0n) is 10.8. The number of benzene rings is 1. The van der Waals surface area contributed by atoms with Crippen molar-refractivity contribution in [1.29, 1.82) is 5.26 Å². The molecule has 4 heteroatoms. The Labute approximate surface area is 117 Å². The lowest BCUT2D eigenvalue weighted by atomic mass is 10.1. The van der Waals surface area contributed by atoms with E-state index in [4.69, 9.17) is 21.6 Å². The highest BCUT2D eigenvalue weighted by Gasteiger charge is 2.07. The molecular weight excluding hydrogens is 260 g/mol. The van der Waals surface area contributed by atoms with Crippen molar-refractivity contribution in [1.82, 2.24) is 4.98 Å². The molecule has 96 valence electrons. The Morgan fingerprint density at radius 2 is 2.11 bits per heavy atom. The van der Waals surface area contributed by atoms with Gasteiger partial charge in [0.05, 0.1) is 30.3 Å². The van der Waals surface area contributed by atoms with Gasteiger partial charge in [-0.15, -0.1) is 0 Å². The van der Waals surface area contributed by atoms with Crippen molar-refractivity contribution in [3.8, 4) is 23.1 Å². The first-order valence-corrected chi connectivity index (χ1v) is 6.21. The third-order valence-corrected chi connectivity index (χ3v) is 3.21. The van der Waals surface area contributed by atoms with Crippen LogP contribution in [0.4, 0.5) is 0 Å². The predicted octanol–water partition coefficient (Wildman–Crippen LogP) is 3.79. The van der Waals surface area contributed by atoms with Crippen molar-refractivity contribution in [2.45, 2.75) is 13.3 Å². The van der Waals surface area contributed by atoms with E-state index in [1.54, 1.807) is 7.11 Å². The minimum atomic E-state index is 0.377. The van der Waals surface area contributed by atoms with Crippen LogP contribution < -0.4 is 4.74 Å². The summed E-state index contributed by atoms with van der Waals surface area (Å²) < 4.78 is 5.12. The van der Waals surface area contributed by atoms with Crippen LogP contribution in [0.1, 0.15) is 11.3 Å². The van der Waals surface area contributed by atoms with Crippen molar-refractivity contribution < 1.29 is 4.74 Å². The monoisotopic (exact) mass is 272 g/mol. The zero-order chi connectivity index (χ0) is 13.8. The third-order valence-electron chi connectivity index (χ3n) is 2.91. The van der Waals surface area contributed by atoms with Crippen molar-refractivity contribution in [3.05, 3.63) is 46.6 Å². The first kappa shape index (κ1) is 13.4. The summed E-state index contributed by atoms with van der Waals surface area (Å²) in [6.07, 6.45) is 0.377. The molecule has 0 saturated carbocycles. The molecule has 19 heavy (non-hydrogen) atoms. The van der Waals surface area contributed by atoms with E-state index in [9.17, 15) is 0 Å². The van der Waals surface area contributed by atoms with Crippen LogP contribution in [0.3, 0.4) is 0 Å². The number of nitriles is 1. The molecule has 0 bridgehead atoms. The lowest BCUT2D eigenvalue weighted by Crippen LogP contribution is -1.94. The molecule has 0 radical (unpaired) electrons. The fourth-order valence-electron chi connectivity index (χ4n) is 1.85. The second-order valence-corrected chi connectivity index (χ2v) is 4.53. The summed E-state index contributed by atoms with van der Waals surface area (Å²) in [5.41, 5.74) is 3.58. The van der Waals surface area contributed by atoms with Crippen LogP contribution >= 0.6 is 11.6 Å². The van der Waals surface area contributed by atoms with Crippen LogP contribution in [0, 0.1) is 18.3 Å². The minimum Gasteiger partial charge on any atom is -0.495 e. The SMILES string of the molecule is COc1ccc(-c2ccc(CC#N)c(C)n2)cc1Cl. The van der Waals surface area contributed by atoms with Crippen LogP contribution in [0.2, 0.25) is 5.02 Å². The second-order valence-electron chi connectivity index (χ2n) is 4.13. The molecule has 0 aliphatic rings. The summed E-state index contributed by atoms with van der Waals surface area (Å²) in [5, 5.41) is 9.27. The molecule has 0 aliphatic heterocycles. The summed E-state index contributed by atoms with van der Waals surface area (Å²) in [6, 6.07) is 11.5. The predicted molar refractivity (Wildman–Crippen MR) is 75.3 cm³/mol. The molecule has 0 aliphatic carbocycles. The Balaban J connectivity index is 2.40. The average Bonchev–Trinajstić information content (AvgIpc) is 2.41. The molecule has 0 saturated heterocycles. The van der Waals surface area contributed by atoms with E-state index >= 15 is 0 Å². The van der Waals surface area contributed by atoms with Crippen LogP contribution in [0.5, 0.6) is 5.75 Å². The molecule has 0 atom stereocenters. The van der Waals surface area contributed by atoms with Gasteiger partial charge >= 0.3 is 0 Å². The van der Waals surface area contributed by atoms with Crippen LogP contribution in [0.15, 0.2) is 30.3 Å². The van der Waals surface area contributed by atoms with E-state index in [0.717, 1.165) is 22.5 Å².